The molecule has 2 N–H and O–H groups in total. The predicted octanol–water partition coefficient (Wildman–Crippen LogP) is 5.20. The highest BCUT2D eigenvalue weighted by Crippen LogP contribution is 2.24. The average molecular weight is 430 g/mol. The lowest BCUT2D eigenvalue weighted by Crippen LogP contribution is -2.23. The van der Waals surface area contributed by atoms with Crippen LogP contribution in [0.1, 0.15) is 31.8 Å². The van der Waals surface area contributed by atoms with Crippen molar-refractivity contribution >= 4 is 35.1 Å². The Kier molecular flexibility index (Phi) is 6.75. The summed E-state index contributed by atoms with van der Waals surface area (Å²) in [5, 5.41) is 12.6. The maximum Gasteiger partial charge on any atom is 0.335 e. The number of rotatable bonds is 7. The summed E-state index contributed by atoms with van der Waals surface area (Å²) in [4.78, 5) is 23.4. The van der Waals surface area contributed by atoms with Crippen LogP contribution in [-0.4, -0.2) is 17.0 Å². The topological polar surface area (TPSA) is 75.6 Å². The highest BCUT2D eigenvalue weighted by Gasteiger charge is 2.12. The highest BCUT2D eigenvalue weighted by atomic mass is 35.5. The van der Waals surface area contributed by atoms with Gasteiger partial charge in [-0.25, -0.2) is 4.79 Å². The van der Waals surface area contributed by atoms with Gasteiger partial charge in [0.15, 0.2) is 0 Å². The first-order valence-corrected chi connectivity index (χ1v) is 9.46. The predicted molar refractivity (Wildman–Crippen MR) is 112 cm³/mol. The van der Waals surface area contributed by atoms with Crippen LogP contribution in [0.25, 0.3) is 0 Å². The van der Waals surface area contributed by atoms with Crippen LogP contribution in [0.3, 0.4) is 0 Å². The monoisotopic (exact) mass is 429 g/mol. The largest absolute Gasteiger partial charge is 0.489 e. The van der Waals surface area contributed by atoms with Crippen LogP contribution in [0.2, 0.25) is 10.0 Å². The molecule has 148 valence electrons. The molecule has 0 fully saturated rings. The summed E-state index contributed by atoms with van der Waals surface area (Å²) in [7, 11) is 0. The van der Waals surface area contributed by atoms with Crippen LogP contribution in [0.15, 0.2) is 66.7 Å². The van der Waals surface area contributed by atoms with E-state index < -0.39 is 5.97 Å². The van der Waals surface area contributed by atoms with Gasteiger partial charge in [0.05, 0.1) is 16.1 Å². The molecule has 0 aliphatic heterocycles. The van der Waals surface area contributed by atoms with Gasteiger partial charge < -0.3 is 15.2 Å². The number of hydrogen-bond donors (Lipinski definition) is 2. The Morgan fingerprint density at radius 2 is 1.66 bits per heavy atom. The smallest absolute Gasteiger partial charge is 0.335 e. The Labute approximate surface area is 177 Å². The molecular formula is C22H17Cl2NO4. The van der Waals surface area contributed by atoms with Crippen molar-refractivity contribution in [1.82, 2.24) is 5.32 Å². The molecule has 3 aromatic carbocycles. The van der Waals surface area contributed by atoms with Crippen molar-refractivity contribution in [3.05, 3.63) is 99.0 Å². The first-order chi connectivity index (χ1) is 13.9. The Morgan fingerprint density at radius 1 is 0.931 bits per heavy atom. The molecule has 0 bridgehead atoms. The minimum atomic E-state index is -0.999. The summed E-state index contributed by atoms with van der Waals surface area (Å²) in [5.74, 6) is -0.869. The van der Waals surface area contributed by atoms with E-state index in [2.05, 4.69) is 5.32 Å². The first kappa shape index (κ1) is 20.7. The second kappa shape index (κ2) is 9.45. The third-order valence-electron chi connectivity index (χ3n) is 4.19. The summed E-state index contributed by atoms with van der Waals surface area (Å²) < 4.78 is 5.74. The number of nitrogens with one attached hydrogen (secondary N) is 1. The van der Waals surface area contributed by atoms with E-state index in [9.17, 15) is 9.59 Å². The molecule has 0 aliphatic carbocycles. The average Bonchev–Trinajstić information content (AvgIpc) is 2.72. The van der Waals surface area contributed by atoms with Crippen LogP contribution in [0.5, 0.6) is 5.75 Å². The van der Waals surface area contributed by atoms with Crippen LogP contribution < -0.4 is 10.1 Å². The van der Waals surface area contributed by atoms with Crippen LogP contribution in [-0.2, 0) is 13.2 Å². The van der Waals surface area contributed by atoms with E-state index in [-0.39, 0.29) is 30.2 Å². The second-order valence-corrected chi connectivity index (χ2v) is 7.02. The molecule has 29 heavy (non-hydrogen) atoms. The molecule has 3 aromatic rings. The van der Waals surface area contributed by atoms with Gasteiger partial charge in [-0.2, -0.15) is 0 Å². The molecular weight excluding hydrogens is 413 g/mol. The van der Waals surface area contributed by atoms with Gasteiger partial charge in [0, 0.05) is 17.1 Å². The maximum atomic E-state index is 12.5. The van der Waals surface area contributed by atoms with Gasteiger partial charge in [-0.3, -0.25) is 4.79 Å². The summed E-state index contributed by atoms with van der Waals surface area (Å²) in [5.41, 5.74) is 2.07. The van der Waals surface area contributed by atoms with Crippen molar-refractivity contribution in [2.45, 2.75) is 13.2 Å². The number of hydrogen-bond acceptors (Lipinski definition) is 3. The molecule has 7 heteroatoms. The molecule has 0 aromatic heterocycles. The fourth-order valence-electron chi connectivity index (χ4n) is 2.59. The number of carboxylic acid groups (broad SMARTS) is 1. The van der Waals surface area contributed by atoms with Crippen LogP contribution in [0.4, 0.5) is 0 Å². The molecule has 0 atom stereocenters. The van der Waals surface area contributed by atoms with Gasteiger partial charge in [-0.1, -0.05) is 53.5 Å². The summed E-state index contributed by atoms with van der Waals surface area (Å²) >= 11 is 12.3. The van der Waals surface area contributed by atoms with Gasteiger partial charge in [-0.05, 0) is 42.0 Å². The summed E-state index contributed by atoms with van der Waals surface area (Å²) in [6.45, 7) is 0.498. The molecule has 5 nitrogen and oxygen atoms in total. The number of ether oxygens (including phenoxy) is 1. The molecule has 0 saturated heterocycles. The zero-order valence-electron chi connectivity index (χ0n) is 15.2. The fourth-order valence-corrected chi connectivity index (χ4v) is 2.98. The lowest BCUT2D eigenvalue weighted by molar-refractivity contribution is 0.0696. The Bertz CT molecular complexity index is 1040. The van der Waals surface area contributed by atoms with E-state index in [1.807, 2.05) is 18.2 Å². The van der Waals surface area contributed by atoms with Crippen molar-refractivity contribution in [3.63, 3.8) is 0 Å². The van der Waals surface area contributed by atoms with Gasteiger partial charge in [0.2, 0.25) is 0 Å². The van der Waals surface area contributed by atoms with Crippen molar-refractivity contribution in [1.29, 1.82) is 0 Å². The number of amides is 1. The zero-order valence-corrected chi connectivity index (χ0v) is 16.7. The first-order valence-electron chi connectivity index (χ1n) is 8.70. The normalized spacial score (nSPS) is 10.4. The minimum Gasteiger partial charge on any atom is -0.489 e. The Morgan fingerprint density at radius 3 is 2.34 bits per heavy atom. The lowest BCUT2D eigenvalue weighted by atomic mass is 10.1. The second-order valence-electron chi connectivity index (χ2n) is 6.21. The van der Waals surface area contributed by atoms with Crippen LogP contribution in [0, 0.1) is 0 Å². The van der Waals surface area contributed by atoms with Gasteiger partial charge in [0.25, 0.3) is 5.91 Å². The molecule has 0 spiro atoms. The molecule has 0 radical (unpaired) electrons. The van der Waals surface area contributed by atoms with Crippen molar-refractivity contribution in [2.24, 2.45) is 0 Å². The third-order valence-corrected chi connectivity index (χ3v) is 4.89. The van der Waals surface area contributed by atoms with E-state index in [1.165, 1.54) is 12.1 Å². The molecule has 0 heterocycles. The SMILES string of the molecule is O=C(O)c1ccc(CNC(=O)c2cc(OCc3ccccc3Cl)ccc2Cl)cc1. The molecule has 0 aliphatic rings. The number of carbonyl (C=O) groups excluding carboxylic acids is 1. The Balaban J connectivity index is 1.64. The number of aromatic carboxylic acids is 1. The van der Waals surface area contributed by atoms with Crippen molar-refractivity contribution in [2.75, 3.05) is 0 Å². The fraction of sp³-hybridized carbons (Fsp3) is 0.0909. The van der Waals surface area contributed by atoms with Gasteiger partial charge in [0.1, 0.15) is 12.4 Å². The quantitative estimate of drug-likeness (QED) is 0.540. The minimum absolute atomic E-state index is 0.187. The lowest BCUT2D eigenvalue weighted by Gasteiger charge is -2.11. The number of halogens is 2. The van der Waals surface area contributed by atoms with Crippen molar-refractivity contribution < 1.29 is 19.4 Å². The Hall–Kier alpha value is -3.02. The highest BCUT2D eigenvalue weighted by molar-refractivity contribution is 6.34. The molecule has 0 saturated carbocycles. The molecule has 1 amide bonds. The third kappa shape index (κ3) is 5.50. The summed E-state index contributed by atoms with van der Waals surface area (Å²) in [6.07, 6.45) is 0. The zero-order chi connectivity index (χ0) is 20.8. The number of carboxylic acids is 1. The van der Waals surface area contributed by atoms with E-state index in [1.54, 1.807) is 36.4 Å². The maximum absolute atomic E-state index is 12.5. The van der Waals surface area contributed by atoms with Crippen molar-refractivity contribution in [3.8, 4) is 5.75 Å². The van der Waals surface area contributed by atoms with E-state index in [4.69, 9.17) is 33.0 Å². The summed E-state index contributed by atoms with van der Waals surface area (Å²) in [6, 6.07) is 18.5. The number of benzene rings is 3. The molecule has 0 unspecified atom stereocenters. The van der Waals surface area contributed by atoms with E-state index >= 15 is 0 Å². The van der Waals surface area contributed by atoms with Crippen LogP contribution >= 0.6 is 23.2 Å². The standard InChI is InChI=1S/C22H17Cl2NO4/c23-19-4-2-1-3-16(19)13-29-17-9-10-20(24)18(11-17)21(26)25-12-14-5-7-15(8-6-14)22(27)28/h1-11H,12-13H2,(H,25,26)(H,27,28). The van der Waals surface area contributed by atoms with Gasteiger partial charge >= 0.3 is 5.97 Å². The molecule has 3 rings (SSSR count). The number of carbonyl (C=O) groups is 2. The van der Waals surface area contributed by atoms with Gasteiger partial charge in [-0.15, -0.1) is 0 Å². The van der Waals surface area contributed by atoms with E-state index in [0.717, 1.165) is 11.1 Å². The van der Waals surface area contributed by atoms with E-state index in [0.29, 0.717) is 15.8 Å².